The van der Waals surface area contributed by atoms with Gasteiger partial charge in [0, 0.05) is 36.4 Å². The summed E-state index contributed by atoms with van der Waals surface area (Å²) in [5.74, 6) is -3.04. The van der Waals surface area contributed by atoms with Gasteiger partial charge in [-0.15, -0.1) is 0 Å². The fourth-order valence-electron chi connectivity index (χ4n) is 1.25. The molecule has 0 aliphatic rings. The number of aliphatic carboxylic acids is 3. The first-order chi connectivity index (χ1) is 14.7. The third-order valence-corrected chi connectivity index (χ3v) is 6.13. The van der Waals surface area contributed by atoms with Gasteiger partial charge in [-0.1, -0.05) is 21.6 Å². The van der Waals surface area contributed by atoms with Crippen LogP contribution in [0.4, 0.5) is 0 Å². The van der Waals surface area contributed by atoms with Crippen LogP contribution in [0, 0.1) is 0 Å². The summed E-state index contributed by atoms with van der Waals surface area (Å²) in [5, 5.41) is 25.2. The highest BCUT2D eigenvalue weighted by Crippen LogP contribution is 2.22. The van der Waals surface area contributed by atoms with Crippen LogP contribution in [0.25, 0.3) is 0 Å². The van der Waals surface area contributed by atoms with Crippen molar-refractivity contribution in [2.75, 3.05) is 23.8 Å². The first-order valence-electron chi connectivity index (χ1n) is 8.53. The number of carboxylic acid groups (broad SMARTS) is 3. The summed E-state index contributed by atoms with van der Waals surface area (Å²) in [6.07, 6.45) is 3.34. The minimum Gasteiger partial charge on any atom is -0.480 e. The zero-order valence-corrected chi connectivity index (χ0v) is 19.2. The van der Waals surface area contributed by atoms with Crippen molar-refractivity contribution in [2.24, 2.45) is 22.9 Å². The Morgan fingerprint density at radius 1 is 0.969 bits per heavy atom. The van der Waals surface area contributed by atoms with E-state index < -0.39 is 46.2 Å². The lowest BCUT2D eigenvalue weighted by molar-refractivity contribution is -0.139. The van der Waals surface area contributed by atoms with E-state index in [1.165, 1.54) is 27.9 Å². The van der Waals surface area contributed by atoms with Crippen LogP contribution >= 0.6 is 21.6 Å². The molecule has 13 N–H and O–H groups in total. The van der Waals surface area contributed by atoms with Gasteiger partial charge < -0.3 is 43.2 Å². The molecular formula is C14H28N6O9S3. The average molecular weight is 521 g/mol. The highest BCUT2D eigenvalue weighted by molar-refractivity contribution is 8.76. The standard InChI is InChI=1S/C6H9N3O2.C6H12N2O4S2.C2H7NO3S/c7-5(6(10)11)1-4-2-8-3-9-4;7-3(5(9)10)1-13-14-2-4(8)6(11)12;3-1-2-7(4,5)6/h2-3,5H,1,7H2,(H,8,9)(H,10,11);3-4H,1-2,7-8H2,(H,9,10)(H,11,12);1-3H2,(H,4,5,6). The van der Waals surface area contributed by atoms with E-state index >= 15 is 0 Å². The van der Waals surface area contributed by atoms with Crippen LogP contribution in [0.2, 0.25) is 0 Å². The molecule has 15 nitrogen and oxygen atoms in total. The van der Waals surface area contributed by atoms with Crippen molar-refractivity contribution in [3.05, 3.63) is 18.2 Å². The van der Waals surface area contributed by atoms with Gasteiger partial charge in [-0.05, 0) is 0 Å². The van der Waals surface area contributed by atoms with E-state index in [-0.39, 0.29) is 30.2 Å². The monoisotopic (exact) mass is 520 g/mol. The minimum atomic E-state index is -3.80. The summed E-state index contributed by atoms with van der Waals surface area (Å²) in [7, 11) is -1.39. The predicted octanol–water partition coefficient (Wildman–Crippen LogP) is -2.61. The zero-order valence-electron chi connectivity index (χ0n) is 16.7. The Labute approximate surface area is 191 Å². The molecule has 0 aromatic carbocycles. The summed E-state index contributed by atoms with van der Waals surface area (Å²) in [4.78, 5) is 37.3. The van der Waals surface area contributed by atoms with E-state index in [0.29, 0.717) is 0 Å². The quantitative estimate of drug-likeness (QED) is 0.0774. The minimum absolute atomic E-state index is 0.0289. The molecule has 3 atom stereocenters. The second-order valence-corrected chi connectivity index (χ2v) is 9.88. The molecule has 1 aromatic heterocycles. The molecule has 1 aromatic rings. The Kier molecular flexibility index (Phi) is 17.7. The number of carboxylic acids is 3. The van der Waals surface area contributed by atoms with Crippen LogP contribution < -0.4 is 22.9 Å². The normalized spacial score (nSPS) is 13.4. The van der Waals surface area contributed by atoms with E-state index in [0.717, 1.165) is 5.69 Å². The molecule has 1 rings (SSSR count). The smallest absolute Gasteiger partial charge is 0.321 e. The van der Waals surface area contributed by atoms with E-state index in [1.54, 1.807) is 6.20 Å². The number of hydrogen-bond acceptors (Lipinski definition) is 12. The SMILES string of the molecule is NC(CSSCC(N)C(=O)O)C(=O)O.NC(Cc1cnc[nH]1)C(=O)O.NCCS(=O)(=O)O. The average Bonchev–Trinajstić information content (AvgIpc) is 3.17. The Balaban J connectivity index is 0. The first-order valence-corrected chi connectivity index (χ1v) is 12.6. The van der Waals surface area contributed by atoms with Crippen molar-refractivity contribution < 1.29 is 42.7 Å². The maximum absolute atomic E-state index is 10.3. The highest BCUT2D eigenvalue weighted by atomic mass is 33.1. The van der Waals surface area contributed by atoms with E-state index in [1.807, 2.05) is 0 Å². The molecule has 1 heterocycles. The number of hydrogen-bond donors (Lipinski definition) is 9. The first kappa shape index (κ1) is 32.3. The van der Waals surface area contributed by atoms with E-state index in [4.69, 9.17) is 42.8 Å². The molecule has 0 saturated carbocycles. The van der Waals surface area contributed by atoms with E-state index in [9.17, 15) is 22.8 Å². The molecule has 0 bridgehead atoms. The summed E-state index contributed by atoms with van der Waals surface area (Å²) in [6.45, 7) is -0.0289. The van der Waals surface area contributed by atoms with Crippen molar-refractivity contribution in [3.8, 4) is 0 Å². The van der Waals surface area contributed by atoms with Gasteiger partial charge in [-0.25, -0.2) is 4.98 Å². The van der Waals surface area contributed by atoms with Crippen LogP contribution in [0.5, 0.6) is 0 Å². The molecule has 0 amide bonds. The predicted molar refractivity (Wildman–Crippen MR) is 120 cm³/mol. The number of imidazole rings is 1. The molecule has 0 aliphatic heterocycles. The second kappa shape index (κ2) is 17.6. The third-order valence-electron chi connectivity index (χ3n) is 2.90. The number of H-pyrrole nitrogens is 1. The number of nitrogens with zero attached hydrogens (tertiary/aromatic N) is 1. The molecular weight excluding hydrogens is 492 g/mol. The number of rotatable bonds is 12. The van der Waals surface area contributed by atoms with Gasteiger partial charge in [0.1, 0.15) is 18.1 Å². The van der Waals surface area contributed by atoms with Gasteiger partial charge in [0.15, 0.2) is 0 Å². The van der Waals surface area contributed by atoms with E-state index in [2.05, 4.69) is 9.97 Å². The van der Waals surface area contributed by atoms with Crippen molar-refractivity contribution in [2.45, 2.75) is 24.5 Å². The number of aromatic nitrogens is 2. The Hall–Kier alpha value is -1.93. The molecule has 0 saturated heterocycles. The number of nitrogens with two attached hydrogens (primary N) is 4. The van der Waals surface area contributed by atoms with Gasteiger partial charge in [0.05, 0.1) is 12.1 Å². The van der Waals surface area contributed by atoms with Crippen LogP contribution in [-0.2, 0) is 30.9 Å². The number of aromatic amines is 1. The van der Waals surface area contributed by atoms with Crippen LogP contribution in [-0.4, -0.2) is 98.1 Å². The fourth-order valence-corrected chi connectivity index (χ4v) is 3.78. The lowest BCUT2D eigenvalue weighted by Gasteiger charge is -2.07. The molecule has 0 aliphatic carbocycles. The summed E-state index contributed by atoms with van der Waals surface area (Å²) in [5.41, 5.74) is 21.2. The topological polar surface area (TPSA) is 299 Å². The Morgan fingerprint density at radius 2 is 1.41 bits per heavy atom. The zero-order chi connectivity index (χ0) is 25.3. The van der Waals surface area contributed by atoms with Crippen LogP contribution in [0.1, 0.15) is 5.69 Å². The molecule has 18 heteroatoms. The van der Waals surface area contributed by atoms with Crippen molar-refractivity contribution in [1.82, 2.24) is 9.97 Å². The molecule has 3 unspecified atom stereocenters. The molecule has 0 fully saturated rings. The third kappa shape index (κ3) is 20.0. The fraction of sp³-hybridized carbons (Fsp3) is 0.571. The van der Waals surface area contributed by atoms with Crippen LogP contribution in [0.3, 0.4) is 0 Å². The summed E-state index contributed by atoms with van der Waals surface area (Å²) in [6, 6.07) is -2.70. The molecule has 32 heavy (non-hydrogen) atoms. The lowest BCUT2D eigenvalue weighted by Crippen LogP contribution is -2.33. The maximum Gasteiger partial charge on any atom is 0.321 e. The number of nitrogens with one attached hydrogen (secondary N) is 1. The lowest BCUT2D eigenvalue weighted by atomic mass is 10.2. The van der Waals surface area contributed by atoms with Crippen molar-refractivity contribution >= 4 is 49.6 Å². The Bertz CT molecular complexity index is 757. The van der Waals surface area contributed by atoms with Gasteiger partial charge in [-0.2, -0.15) is 8.42 Å². The molecule has 0 radical (unpaired) electrons. The number of carbonyl (C=O) groups is 3. The highest BCUT2D eigenvalue weighted by Gasteiger charge is 2.14. The van der Waals surface area contributed by atoms with Gasteiger partial charge >= 0.3 is 17.9 Å². The maximum atomic E-state index is 10.3. The van der Waals surface area contributed by atoms with Crippen molar-refractivity contribution in [3.63, 3.8) is 0 Å². The van der Waals surface area contributed by atoms with Gasteiger partial charge in [-0.3, -0.25) is 18.9 Å². The second-order valence-electron chi connectivity index (χ2n) is 5.76. The summed E-state index contributed by atoms with van der Waals surface area (Å²) < 4.78 is 27.3. The molecule has 186 valence electrons. The molecule has 0 spiro atoms. The van der Waals surface area contributed by atoms with Crippen LogP contribution in [0.15, 0.2) is 12.5 Å². The van der Waals surface area contributed by atoms with Gasteiger partial charge in [0.2, 0.25) is 0 Å². The van der Waals surface area contributed by atoms with Crippen molar-refractivity contribution in [1.29, 1.82) is 0 Å². The largest absolute Gasteiger partial charge is 0.480 e. The summed E-state index contributed by atoms with van der Waals surface area (Å²) >= 11 is 0. The van der Waals surface area contributed by atoms with Gasteiger partial charge in [0.25, 0.3) is 10.1 Å². The Morgan fingerprint density at radius 3 is 1.66 bits per heavy atom.